The SMILES string of the molecule is FC(F)(F)c1ncnc2c1ncn2C1CCCS1. The Labute approximate surface area is 105 Å². The molecule has 1 aliphatic heterocycles. The van der Waals surface area contributed by atoms with E-state index in [9.17, 15) is 13.2 Å². The summed E-state index contributed by atoms with van der Waals surface area (Å²) < 4.78 is 40.0. The Morgan fingerprint density at radius 2 is 2.11 bits per heavy atom. The van der Waals surface area contributed by atoms with Crippen LogP contribution < -0.4 is 0 Å². The standard InChI is InChI=1S/C10H9F3N4S/c11-10(12,13)8-7-9(15-4-14-8)17(5-16-7)6-2-1-3-18-6/h4-6H,1-3H2. The van der Waals surface area contributed by atoms with E-state index in [0.717, 1.165) is 24.9 Å². The molecule has 18 heavy (non-hydrogen) atoms. The van der Waals surface area contributed by atoms with Crippen molar-refractivity contribution < 1.29 is 13.2 Å². The Hall–Kier alpha value is -1.31. The molecule has 0 aliphatic carbocycles. The first-order valence-electron chi connectivity index (χ1n) is 5.43. The van der Waals surface area contributed by atoms with Gasteiger partial charge in [-0.25, -0.2) is 15.0 Å². The van der Waals surface area contributed by atoms with Crippen molar-refractivity contribution in [2.24, 2.45) is 0 Å². The van der Waals surface area contributed by atoms with Crippen LogP contribution in [0.4, 0.5) is 13.2 Å². The molecule has 3 rings (SSSR count). The largest absolute Gasteiger partial charge is 0.435 e. The Bertz CT molecular complexity index is 574. The third-order valence-corrected chi connectivity index (χ3v) is 4.22. The fourth-order valence-electron chi connectivity index (χ4n) is 2.05. The van der Waals surface area contributed by atoms with Gasteiger partial charge in [-0.2, -0.15) is 13.2 Å². The molecule has 0 aromatic carbocycles. The van der Waals surface area contributed by atoms with Crippen LogP contribution in [-0.4, -0.2) is 25.3 Å². The number of imidazole rings is 1. The van der Waals surface area contributed by atoms with Crippen molar-refractivity contribution in [1.82, 2.24) is 19.5 Å². The fraction of sp³-hybridized carbons (Fsp3) is 0.500. The maximum Gasteiger partial charge on any atom is 0.435 e. The van der Waals surface area contributed by atoms with Crippen LogP contribution in [0.5, 0.6) is 0 Å². The van der Waals surface area contributed by atoms with Gasteiger partial charge in [-0.3, -0.25) is 0 Å². The highest BCUT2D eigenvalue weighted by Gasteiger charge is 2.36. The van der Waals surface area contributed by atoms with E-state index in [4.69, 9.17) is 0 Å². The number of aromatic nitrogens is 4. The van der Waals surface area contributed by atoms with Crippen LogP contribution in [0.3, 0.4) is 0 Å². The molecule has 4 nitrogen and oxygen atoms in total. The van der Waals surface area contributed by atoms with Gasteiger partial charge in [0.05, 0.1) is 11.7 Å². The minimum atomic E-state index is -4.50. The van der Waals surface area contributed by atoms with Gasteiger partial charge in [0.25, 0.3) is 0 Å². The third kappa shape index (κ3) is 1.84. The maximum absolute atomic E-state index is 12.8. The minimum absolute atomic E-state index is 0.131. The highest BCUT2D eigenvalue weighted by molar-refractivity contribution is 7.99. The lowest BCUT2D eigenvalue weighted by Gasteiger charge is -2.11. The summed E-state index contributed by atoms with van der Waals surface area (Å²) in [5.41, 5.74) is -0.872. The lowest BCUT2D eigenvalue weighted by atomic mass is 10.3. The summed E-state index contributed by atoms with van der Waals surface area (Å²) in [4.78, 5) is 11.1. The average Bonchev–Trinajstić information content (AvgIpc) is 2.95. The van der Waals surface area contributed by atoms with Crippen LogP contribution in [0, 0.1) is 0 Å². The molecule has 0 bridgehead atoms. The number of hydrogen-bond donors (Lipinski definition) is 0. The molecule has 8 heteroatoms. The molecule has 2 aromatic heterocycles. The predicted molar refractivity (Wildman–Crippen MR) is 61.1 cm³/mol. The lowest BCUT2D eigenvalue weighted by Crippen LogP contribution is -2.10. The fourth-order valence-corrected chi connectivity index (χ4v) is 3.30. The molecule has 1 saturated heterocycles. The number of rotatable bonds is 1. The molecule has 2 aromatic rings. The van der Waals surface area contributed by atoms with E-state index >= 15 is 0 Å². The van der Waals surface area contributed by atoms with Gasteiger partial charge in [0.15, 0.2) is 11.3 Å². The number of nitrogens with zero attached hydrogens (tertiary/aromatic N) is 4. The molecule has 0 saturated carbocycles. The van der Waals surface area contributed by atoms with E-state index in [1.54, 1.807) is 16.3 Å². The summed E-state index contributed by atoms with van der Waals surface area (Å²) >= 11 is 1.71. The normalized spacial score (nSPS) is 20.7. The van der Waals surface area contributed by atoms with Gasteiger partial charge in [0.1, 0.15) is 11.8 Å². The Balaban J connectivity index is 2.14. The molecule has 96 valence electrons. The smallest absolute Gasteiger partial charge is 0.302 e. The van der Waals surface area contributed by atoms with Crippen molar-refractivity contribution in [3.8, 4) is 0 Å². The molecule has 0 amide bonds. The highest BCUT2D eigenvalue weighted by atomic mass is 32.2. The molecule has 1 unspecified atom stereocenters. The summed E-state index contributed by atoms with van der Waals surface area (Å²) in [7, 11) is 0. The Morgan fingerprint density at radius 3 is 2.78 bits per heavy atom. The zero-order chi connectivity index (χ0) is 12.8. The van der Waals surface area contributed by atoms with Gasteiger partial charge in [-0.1, -0.05) is 0 Å². The van der Waals surface area contributed by atoms with Crippen molar-refractivity contribution in [3.05, 3.63) is 18.3 Å². The second kappa shape index (κ2) is 4.11. The first-order valence-corrected chi connectivity index (χ1v) is 6.48. The molecular weight excluding hydrogens is 265 g/mol. The van der Waals surface area contributed by atoms with E-state index in [-0.39, 0.29) is 16.5 Å². The van der Waals surface area contributed by atoms with E-state index < -0.39 is 11.9 Å². The average molecular weight is 274 g/mol. The van der Waals surface area contributed by atoms with Crippen LogP contribution in [-0.2, 0) is 6.18 Å². The molecule has 1 atom stereocenters. The Kier molecular flexibility index (Phi) is 2.69. The first-order chi connectivity index (χ1) is 8.57. The van der Waals surface area contributed by atoms with E-state index in [0.29, 0.717) is 0 Å². The van der Waals surface area contributed by atoms with E-state index in [1.807, 2.05) is 0 Å². The molecule has 0 N–H and O–H groups in total. The van der Waals surface area contributed by atoms with Crippen molar-refractivity contribution in [2.45, 2.75) is 24.4 Å². The molecule has 0 spiro atoms. The molecule has 1 aliphatic rings. The number of hydrogen-bond acceptors (Lipinski definition) is 4. The van der Waals surface area contributed by atoms with Crippen molar-refractivity contribution in [1.29, 1.82) is 0 Å². The summed E-state index contributed by atoms with van der Waals surface area (Å²) in [6, 6.07) is 0. The third-order valence-electron chi connectivity index (χ3n) is 2.84. The quantitative estimate of drug-likeness (QED) is 0.802. The minimum Gasteiger partial charge on any atom is -0.302 e. The van der Waals surface area contributed by atoms with Gasteiger partial charge in [-0.05, 0) is 18.6 Å². The van der Waals surface area contributed by atoms with Crippen LogP contribution in [0.2, 0.25) is 0 Å². The molecule has 1 fully saturated rings. The number of thioether (sulfide) groups is 1. The van der Waals surface area contributed by atoms with Gasteiger partial charge in [0.2, 0.25) is 0 Å². The molecular formula is C10H9F3N4S. The summed E-state index contributed by atoms with van der Waals surface area (Å²) in [5, 5.41) is 0.131. The number of halogens is 3. The maximum atomic E-state index is 12.8. The molecule has 0 radical (unpaired) electrons. The number of fused-ring (bicyclic) bond motifs is 1. The van der Waals surface area contributed by atoms with Crippen molar-refractivity contribution in [2.75, 3.05) is 5.75 Å². The number of alkyl halides is 3. The van der Waals surface area contributed by atoms with Gasteiger partial charge in [-0.15, -0.1) is 11.8 Å². The van der Waals surface area contributed by atoms with Crippen LogP contribution in [0.25, 0.3) is 11.2 Å². The van der Waals surface area contributed by atoms with Crippen molar-refractivity contribution in [3.63, 3.8) is 0 Å². The van der Waals surface area contributed by atoms with Gasteiger partial charge < -0.3 is 4.57 Å². The second-order valence-corrected chi connectivity index (χ2v) is 5.30. The summed E-state index contributed by atoms with van der Waals surface area (Å²) in [6.07, 6.45) is -0.128. The first kappa shape index (κ1) is 11.8. The molecule has 3 heterocycles. The topological polar surface area (TPSA) is 43.6 Å². The van der Waals surface area contributed by atoms with Crippen molar-refractivity contribution >= 4 is 22.9 Å². The summed E-state index contributed by atoms with van der Waals surface area (Å²) in [6.45, 7) is 0. The zero-order valence-electron chi connectivity index (χ0n) is 9.18. The predicted octanol–water partition coefficient (Wildman–Crippen LogP) is 2.87. The Morgan fingerprint density at radius 1 is 1.28 bits per heavy atom. The summed E-state index contributed by atoms with van der Waals surface area (Å²) in [5.74, 6) is 1.02. The van der Waals surface area contributed by atoms with Crippen LogP contribution >= 0.6 is 11.8 Å². The van der Waals surface area contributed by atoms with Gasteiger partial charge >= 0.3 is 6.18 Å². The zero-order valence-corrected chi connectivity index (χ0v) is 10.0. The van der Waals surface area contributed by atoms with Crippen LogP contribution in [0.15, 0.2) is 12.7 Å². The highest BCUT2D eigenvalue weighted by Crippen LogP contribution is 2.38. The lowest BCUT2D eigenvalue weighted by molar-refractivity contribution is -0.140. The van der Waals surface area contributed by atoms with E-state index in [2.05, 4.69) is 15.0 Å². The monoisotopic (exact) mass is 274 g/mol. The van der Waals surface area contributed by atoms with E-state index in [1.165, 1.54) is 6.33 Å². The van der Waals surface area contributed by atoms with Crippen LogP contribution in [0.1, 0.15) is 23.9 Å². The van der Waals surface area contributed by atoms with Gasteiger partial charge in [0, 0.05) is 0 Å². The second-order valence-electron chi connectivity index (χ2n) is 4.01.